The lowest BCUT2D eigenvalue weighted by molar-refractivity contribution is 0.0521. The predicted molar refractivity (Wildman–Crippen MR) is 191 cm³/mol. The van der Waals surface area contributed by atoms with Crippen molar-refractivity contribution in [1.82, 2.24) is 5.32 Å². The highest BCUT2D eigenvalue weighted by molar-refractivity contribution is 6.09. The Bertz CT molecular complexity index is 1750. The van der Waals surface area contributed by atoms with Gasteiger partial charge in [0.05, 0.1) is 30.2 Å². The van der Waals surface area contributed by atoms with Crippen LogP contribution >= 0.6 is 0 Å². The summed E-state index contributed by atoms with van der Waals surface area (Å²) in [5, 5.41) is 5.60. The number of nitrogens with zero attached hydrogens (tertiary/aromatic N) is 1. The van der Waals surface area contributed by atoms with Crippen LogP contribution in [0.5, 0.6) is 17.2 Å². The SMILES string of the molecule is COc1cc(C(=O)N(C)c2ccc(C)cc2OCc2ccccc2)ccc1NC(=O)c1ccccc1OC(C)CCNC(=O)OC(C)(C)C. The van der Waals surface area contributed by atoms with Gasteiger partial charge in [0.2, 0.25) is 0 Å². The molecule has 0 radical (unpaired) electrons. The Hall–Kier alpha value is -5.51. The Morgan fingerprint density at radius 2 is 1.57 bits per heavy atom. The summed E-state index contributed by atoms with van der Waals surface area (Å²) in [6.45, 7) is 9.93. The molecule has 4 aromatic rings. The molecule has 0 fully saturated rings. The van der Waals surface area contributed by atoms with Gasteiger partial charge in [0.1, 0.15) is 29.5 Å². The topological polar surface area (TPSA) is 115 Å². The van der Waals surface area contributed by atoms with Crippen molar-refractivity contribution in [2.75, 3.05) is 30.9 Å². The van der Waals surface area contributed by atoms with Gasteiger partial charge >= 0.3 is 6.09 Å². The first-order valence-corrected chi connectivity index (χ1v) is 16.1. The largest absolute Gasteiger partial charge is 0.495 e. The Balaban J connectivity index is 1.43. The first-order valence-electron chi connectivity index (χ1n) is 16.1. The average Bonchev–Trinajstić information content (AvgIpc) is 3.06. The van der Waals surface area contributed by atoms with Gasteiger partial charge in [0.25, 0.3) is 11.8 Å². The minimum atomic E-state index is -0.586. The number of methoxy groups -OCH3 is 1. The molecule has 258 valence electrons. The molecule has 4 rings (SSSR count). The van der Waals surface area contributed by atoms with E-state index in [0.29, 0.717) is 59.3 Å². The van der Waals surface area contributed by atoms with Gasteiger partial charge in [-0.25, -0.2) is 4.79 Å². The molecule has 10 heteroatoms. The van der Waals surface area contributed by atoms with Crippen LogP contribution in [-0.2, 0) is 11.3 Å². The molecule has 0 aromatic heterocycles. The minimum Gasteiger partial charge on any atom is -0.495 e. The number of benzene rings is 4. The number of ether oxygens (including phenoxy) is 4. The molecule has 0 aliphatic rings. The molecule has 0 bridgehead atoms. The molecule has 2 N–H and O–H groups in total. The van der Waals surface area contributed by atoms with E-state index in [2.05, 4.69) is 10.6 Å². The number of carbonyl (C=O) groups excluding carboxylic acids is 3. The van der Waals surface area contributed by atoms with Crippen LogP contribution in [0.2, 0.25) is 0 Å². The first kappa shape index (κ1) is 36.3. The second kappa shape index (κ2) is 16.5. The van der Waals surface area contributed by atoms with E-state index in [1.807, 2.05) is 62.4 Å². The van der Waals surface area contributed by atoms with E-state index < -0.39 is 17.6 Å². The Morgan fingerprint density at radius 3 is 2.29 bits per heavy atom. The summed E-state index contributed by atoms with van der Waals surface area (Å²) < 4.78 is 23.1. The van der Waals surface area contributed by atoms with E-state index in [0.717, 1.165) is 11.1 Å². The van der Waals surface area contributed by atoms with Crippen molar-refractivity contribution in [1.29, 1.82) is 0 Å². The fraction of sp³-hybridized carbons (Fsp3) is 0.308. The van der Waals surface area contributed by atoms with Crippen LogP contribution < -0.4 is 29.7 Å². The van der Waals surface area contributed by atoms with Crippen LogP contribution in [0.15, 0.2) is 91.0 Å². The monoisotopic (exact) mass is 667 g/mol. The van der Waals surface area contributed by atoms with Crippen LogP contribution in [0.3, 0.4) is 0 Å². The molecule has 3 amide bonds. The molecule has 0 heterocycles. The third-order valence-corrected chi connectivity index (χ3v) is 7.39. The summed E-state index contributed by atoms with van der Waals surface area (Å²) >= 11 is 0. The zero-order valence-electron chi connectivity index (χ0n) is 29.2. The maximum atomic E-state index is 13.7. The molecule has 0 spiro atoms. The molecular formula is C39H45N3O7. The molecule has 4 aromatic carbocycles. The quantitative estimate of drug-likeness (QED) is 0.150. The molecule has 0 aliphatic heterocycles. The third kappa shape index (κ3) is 10.5. The average molecular weight is 668 g/mol. The number of para-hydroxylation sites is 1. The standard InChI is InChI=1S/C39H45N3O7/c1-26-17-20-32(35(23-26)47-25-28-13-9-8-10-14-28)42(6)37(44)29-18-19-31(34(24-29)46-7)41-36(43)30-15-11-12-16-33(30)48-27(2)21-22-40-38(45)49-39(3,4)5/h8-20,23-24,27H,21-22,25H2,1-7H3,(H,40,45)(H,41,43). The fourth-order valence-corrected chi connectivity index (χ4v) is 4.89. The van der Waals surface area contributed by atoms with Crippen molar-refractivity contribution in [3.05, 3.63) is 113 Å². The summed E-state index contributed by atoms with van der Waals surface area (Å²) in [6.07, 6.45) is -0.310. The molecule has 0 saturated carbocycles. The van der Waals surface area contributed by atoms with Crippen molar-refractivity contribution in [2.45, 2.75) is 59.4 Å². The number of rotatable bonds is 13. The number of carbonyl (C=O) groups is 3. The lowest BCUT2D eigenvalue weighted by atomic mass is 10.1. The van der Waals surface area contributed by atoms with Crippen molar-refractivity contribution < 1.29 is 33.3 Å². The second-order valence-electron chi connectivity index (χ2n) is 12.6. The molecule has 0 aliphatic carbocycles. The molecule has 0 saturated heterocycles. The van der Waals surface area contributed by atoms with E-state index in [4.69, 9.17) is 18.9 Å². The molecule has 1 unspecified atom stereocenters. The van der Waals surface area contributed by atoms with E-state index in [9.17, 15) is 14.4 Å². The fourth-order valence-electron chi connectivity index (χ4n) is 4.89. The van der Waals surface area contributed by atoms with E-state index in [1.165, 1.54) is 12.0 Å². The maximum absolute atomic E-state index is 13.7. The van der Waals surface area contributed by atoms with Gasteiger partial charge in [0.15, 0.2) is 0 Å². The number of amides is 3. The van der Waals surface area contributed by atoms with Crippen LogP contribution in [-0.4, -0.2) is 50.3 Å². The van der Waals surface area contributed by atoms with Gasteiger partial charge in [-0.3, -0.25) is 9.59 Å². The second-order valence-corrected chi connectivity index (χ2v) is 12.6. The highest BCUT2D eigenvalue weighted by Gasteiger charge is 2.22. The van der Waals surface area contributed by atoms with Crippen LogP contribution in [0.1, 0.15) is 66.0 Å². The smallest absolute Gasteiger partial charge is 0.407 e. The van der Waals surface area contributed by atoms with Crippen LogP contribution in [0.25, 0.3) is 0 Å². The number of nitrogens with one attached hydrogen (secondary N) is 2. The summed E-state index contributed by atoms with van der Waals surface area (Å²) in [4.78, 5) is 40.6. The van der Waals surface area contributed by atoms with Gasteiger partial charge < -0.3 is 34.5 Å². The predicted octanol–water partition coefficient (Wildman–Crippen LogP) is 7.79. The maximum Gasteiger partial charge on any atom is 0.407 e. The first-order chi connectivity index (χ1) is 23.3. The minimum absolute atomic E-state index is 0.279. The Kier molecular flexibility index (Phi) is 12.3. The highest BCUT2D eigenvalue weighted by Crippen LogP contribution is 2.33. The summed E-state index contributed by atoms with van der Waals surface area (Å²) in [5.41, 5.74) is 3.13. The third-order valence-electron chi connectivity index (χ3n) is 7.39. The molecular weight excluding hydrogens is 622 g/mol. The molecule has 1 atom stereocenters. The van der Waals surface area contributed by atoms with Gasteiger partial charge in [-0.1, -0.05) is 48.5 Å². The van der Waals surface area contributed by atoms with Crippen molar-refractivity contribution in [3.8, 4) is 17.2 Å². The van der Waals surface area contributed by atoms with Crippen LogP contribution in [0, 0.1) is 6.92 Å². The van der Waals surface area contributed by atoms with Crippen LogP contribution in [0.4, 0.5) is 16.2 Å². The summed E-state index contributed by atoms with van der Waals surface area (Å²) in [5.74, 6) is 0.602. The number of hydrogen-bond acceptors (Lipinski definition) is 7. The van der Waals surface area contributed by atoms with E-state index >= 15 is 0 Å². The van der Waals surface area contributed by atoms with Crippen molar-refractivity contribution in [3.63, 3.8) is 0 Å². The number of alkyl carbamates (subject to hydrolysis) is 1. The lowest BCUT2D eigenvalue weighted by Crippen LogP contribution is -2.34. The van der Waals surface area contributed by atoms with Gasteiger partial charge in [0, 0.05) is 25.6 Å². The zero-order chi connectivity index (χ0) is 35.6. The van der Waals surface area contributed by atoms with E-state index in [-0.39, 0.29) is 12.0 Å². The lowest BCUT2D eigenvalue weighted by Gasteiger charge is -2.22. The van der Waals surface area contributed by atoms with Crippen molar-refractivity contribution >= 4 is 29.3 Å². The van der Waals surface area contributed by atoms with Gasteiger partial charge in [-0.15, -0.1) is 0 Å². The summed E-state index contributed by atoms with van der Waals surface area (Å²) in [7, 11) is 3.17. The summed E-state index contributed by atoms with van der Waals surface area (Å²) in [6, 6.07) is 27.3. The number of anilines is 2. The zero-order valence-corrected chi connectivity index (χ0v) is 29.2. The number of hydrogen-bond donors (Lipinski definition) is 2. The number of aryl methyl sites for hydroxylation is 1. The van der Waals surface area contributed by atoms with Gasteiger partial charge in [-0.05, 0) is 88.2 Å². The van der Waals surface area contributed by atoms with E-state index in [1.54, 1.807) is 70.3 Å². The van der Waals surface area contributed by atoms with Crippen molar-refractivity contribution in [2.24, 2.45) is 0 Å². The molecule has 10 nitrogen and oxygen atoms in total. The molecule has 49 heavy (non-hydrogen) atoms. The normalized spacial score (nSPS) is 11.6. The highest BCUT2D eigenvalue weighted by atomic mass is 16.6. The Morgan fingerprint density at radius 1 is 0.857 bits per heavy atom. The Labute approximate surface area is 288 Å². The van der Waals surface area contributed by atoms with Gasteiger partial charge in [-0.2, -0.15) is 0 Å².